The standard InChI is InChI=1S/C31H48O4/c1-8-21(18(2)3)10-9-19(4)23-11-12-24-22-15-28(33)31-17-26(34-20(5)32)27(35-31)16-30(31,7)25(22)13-14-29(23,24)6/h15,18-19,21,23-27H,8-14,16-17H2,1-7H3/t19-,21+,23-,24+,25+,26+,27+,29-,30-,31+/m1/s1. The van der Waals surface area contributed by atoms with Crippen molar-refractivity contribution in [1.29, 1.82) is 0 Å². The Morgan fingerprint density at radius 1 is 1.11 bits per heavy atom. The molecule has 3 aliphatic carbocycles. The fraction of sp³-hybridized carbons (Fsp3) is 0.871. The molecule has 0 unspecified atom stereocenters. The van der Waals surface area contributed by atoms with E-state index in [0.29, 0.717) is 23.7 Å². The Bertz CT molecular complexity index is 906. The molecule has 10 atom stereocenters. The van der Waals surface area contributed by atoms with E-state index in [1.54, 1.807) is 0 Å². The van der Waals surface area contributed by atoms with Crippen LogP contribution in [0.4, 0.5) is 0 Å². The van der Waals surface area contributed by atoms with Gasteiger partial charge in [-0.05, 0) is 85.5 Å². The first-order chi connectivity index (χ1) is 16.5. The Morgan fingerprint density at radius 2 is 1.86 bits per heavy atom. The van der Waals surface area contributed by atoms with Crippen molar-refractivity contribution in [2.24, 2.45) is 46.3 Å². The molecule has 4 heteroatoms. The SMILES string of the molecule is CC[C@@H](CC[C@@H](C)[C@H]1CC[C@H]2C3=CC(=O)[C@@]45C[C@H](OC(C)=O)[C@H](C[C@]4(C)[C@H]3CC[C@]12C)O5)C(C)C. The lowest BCUT2D eigenvalue weighted by Crippen LogP contribution is -2.59. The summed E-state index contributed by atoms with van der Waals surface area (Å²) in [6, 6.07) is 0. The van der Waals surface area contributed by atoms with Gasteiger partial charge in [-0.1, -0.05) is 60.0 Å². The average molecular weight is 485 g/mol. The lowest BCUT2D eigenvalue weighted by Gasteiger charge is -2.56. The number of ether oxygens (including phenoxy) is 2. The molecule has 0 N–H and O–H groups in total. The van der Waals surface area contributed by atoms with Gasteiger partial charge in [-0.15, -0.1) is 0 Å². The normalized spacial score (nSPS) is 45.5. The molecule has 2 bridgehead atoms. The Kier molecular flexibility index (Phi) is 6.34. The molecule has 0 amide bonds. The molecule has 0 aromatic heterocycles. The van der Waals surface area contributed by atoms with E-state index in [4.69, 9.17) is 9.47 Å². The van der Waals surface area contributed by atoms with Gasteiger partial charge in [-0.25, -0.2) is 0 Å². The second-order valence-electron chi connectivity index (χ2n) is 13.8. The first-order valence-electron chi connectivity index (χ1n) is 14.6. The maximum absolute atomic E-state index is 13.8. The molecule has 2 saturated heterocycles. The maximum atomic E-state index is 13.8. The zero-order chi connectivity index (χ0) is 25.3. The van der Waals surface area contributed by atoms with E-state index in [1.165, 1.54) is 51.0 Å². The molecule has 4 fully saturated rings. The number of hydrogen-bond donors (Lipinski definition) is 0. The van der Waals surface area contributed by atoms with Gasteiger partial charge in [0.15, 0.2) is 5.78 Å². The molecule has 2 saturated carbocycles. The van der Waals surface area contributed by atoms with Crippen LogP contribution < -0.4 is 0 Å². The largest absolute Gasteiger partial charge is 0.460 e. The summed E-state index contributed by atoms with van der Waals surface area (Å²) in [5.41, 5.74) is 0.782. The van der Waals surface area contributed by atoms with E-state index >= 15 is 0 Å². The minimum absolute atomic E-state index is 0.141. The number of fused-ring (bicyclic) bond motifs is 5. The number of allylic oxidation sites excluding steroid dienone is 1. The van der Waals surface area contributed by atoms with Crippen molar-refractivity contribution in [3.05, 3.63) is 11.6 Å². The first-order valence-corrected chi connectivity index (χ1v) is 14.6. The molecule has 0 aromatic rings. The molecular weight excluding hydrogens is 436 g/mol. The quantitative estimate of drug-likeness (QED) is 0.369. The van der Waals surface area contributed by atoms with Crippen molar-refractivity contribution in [3.63, 3.8) is 0 Å². The summed E-state index contributed by atoms with van der Waals surface area (Å²) in [5.74, 6) is 3.91. The number of rotatable bonds is 7. The molecule has 0 aromatic carbocycles. The van der Waals surface area contributed by atoms with Crippen molar-refractivity contribution in [1.82, 2.24) is 0 Å². The molecular formula is C31H48O4. The lowest BCUT2D eigenvalue weighted by molar-refractivity contribution is -0.151. The van der Waals surface area contributed by atoms with E-state index in [9.17, 15) is 9.59 Å². The number of esters is 1. The van der Waals surface area contributed by atoms with Crippen molar-refractivity contribution >= 4 is 11.8 Å². The zero-order valence-electron chi connectivity index (χ0n) is 23.2. The van der Waals surface area contributed by atoms with E-state index < -0.39 is 5.60 Å². The summed E-state index contributed by atoms with van der Waals surface area (Å²) < 4.78 is 12.0. The highest BCUT2D eigenvalue weighted by atomic mass is 16.6. The average Bonchev–Trinajstić information content (AvgIpc) is 3.41. The highest BCUT2D eigenvalue weighted by Crippen LogP contribution is 2.70. The van der Waals surface area contributed by atoms with Crippen LogP contribution in [0.25, 0.3) is 0 Å². The van der Waals surface area contributed by atoms with Gasteiger partial charge in [0.2, 0.25) is 0 Å². The van der Waals surface area contributed by atoms with E-state index in [0.717, 1.165) is 36.5 Å². The molecule has 1 spiro atoms. The van der Waals surface area contributed by atoms with E-state index in [1.807, 2.05) is 6.08 Å². The summed E-state index contributed by atoms with van der Waals surface area (Å²) in [4.78, 5) is 25.4. The highest BCUT2D eigenvalue weighted by Gasteiger charge is 2.73. The zero-order valence-corrected chi connectivity index (χ0v) is 23.2. The molecule has 5 rings (SSSR count). The Labute approximate surface area is 213 Å². The minimum atomic E-state index is -0.795. The van der Waals surface area contributed by atoms with Crippen molar-refractivity contribution in [3.8, 4) is 0 Å². The third kappa shape index (κ3) is 3.62. The second kappa shape index (κ2) is 8.71. The number of ketones is 1. The van der Waals surface area contributed by atoms with Crippen LogP contribution in [0, 0.1) is 46.3 Å². The minimum Gasteiger partial charge on any atom is -0.460 e. The Balaban J connectivity index is 1.36. The molecule has 2 heterocycles. The maximum Gasteiger partial charge on any atom is 0.302 e. The van der Waals surface area contributed by atoms with Gasteiger partial charge in [0.25, 0.3) is 0 Å². The van der Waals surface area contributed by atoms with Crippen molar-refractivity contribution in [2.45, 2.75) is 124 Å². The third-order valence-corrected chi connectivity index (χ3v) is 11.9. The van der Waals surface area contributed by atoms with Crippen LogP contribution in [0.1, 0.15) is 106 Å². The molecule has 4 nitrogen and oxygen atoms in total. The topological polar surface area (TPSA) is 52.6 Å². The van der Waals surface area contributed by atoms with Crippen LogP contribution in [0.2, 0.25) is 0 Å². The van der Waals surface area contributed by atoms with E-state index in [-0.39, 0.29) is 29.4 Å². The van der Waals surface area contributed by atoms with Crippen LogP contribution in [0.15, 0.2) is 11.6 Å². The summed E-state index contributed by atoms with van der Waals surface area (Å²) in [5, 5.41) is 0. The lowest BCUT2D eigenvalue weighted by atomic mass is 9.47. The van der Waals surface area contributed by atoms with Crippen LogP contribution in [0.3, 0.4) is 0 Å². The van der Waals surface area contributed by atoms with Crippen LogP contribution in [-0.4, -0.2) is 29.6 Å². The van der Waals surface area contributed by atoms with Gasteiger partial charge in [-0.2, -0.15) is 0 Å². The molecule has 2 aliphatic heterocycles. The smallest absolute Gasteiger partial charge is 0.302 e. The molecule has 5 aliphatic rings. The summed E-state index contributed by atoms with van der Waals surface area (Å²) in [6.07, 6.45) is 11.9. The number of carbonyl (C=O) groups excluding carboxylic acids is 2. The van der Waals surface area contributed by atoms with Crippen LogP contribution >= 0.6 is 0 Å². The molecule has 35 heavy (non-hydrogen) atoms. The number of hydrogen-bond acceptors (Lipinski definition) is 4. The fourth-order valence-electron chi connectivity index (χ4n) is 9.93. The fourth-order valence-corrected chi connectivity index (χ4v) is 9.93. The predicted octanol–water partition coefficient (Wildman–Crippen LogP) is 6.91. The highest BCUT2D eigenvalue weighted by molar-refractivity contribution is 6.00. The Morgan fingerprint density at radius 3 is 2.51 bits per heavy atom. The van der Waals surface area contributed by atoms with Gasteiger partial charge >= 0.3 is 5.97 Å². The summed E-state index contributed by atoms with van der Waals surface area (Å²) in [7, 11) is 0. The van der Waals surface area contributed by atoms with Gasteiger partial charge < -0.3 is 9.47 Å². The van der Waals surface area contributed by atoms with Gasteiger partial charge in [0.05, 0.1) is 6.10 Å². The van der Waals surface area contributed by atoms with Gasteiger partial charge in [0.1, 0.15) is 11.7 Å². The predicted molar refractivity (Wildman–Crippen MR) is 138 cm³/mol. The summed E-state index contributed by atoms with van der Waals surface area (Å²) in [6.45, 7) is 15.9. The third-order valence-electron chi connectivity index (χ3n) is 11.9. The number of carbonyl (C=O) groups is 2. The monoisotopic (exact) mass is 484 g/mol. The van der Waals surface area contributed by atoms with Gasteiger partial charge in [-0.3, -0.25) is 9.59 Å². The van der Waals surface area contributed by atoms with E-state index in [2.05, 4.69) is 41.5 Å². The van der Waals surface area contributed by atoms with Crippen LogP contribution in [0.5, 0.6) is 0 Å². The van der Waals surface area contributed by atoms with Crippen molar-refractivity contribution < 1.29 is 19.1 Å². The summed E-state index contributed by atoms with van der Waals surface area (Å²) >= 11 is 0. The second-order valence-corrected chi connectivity index (χ2v) is 13.8. The Hall–Kier alpha value is -1.16. The van der Waals surface area contributed by atoms with Crippen LogP contribution in [-0.2, 0) is 19.1 Å². The molecule has 196 valence electrons. The van der Waals surface area contributed by atoms with Crippen molar-refractivity contribution in [2.75, 3.05) is 0 Å². The first kappa shape index (κ1) is 25.5. The van der Waals surface area contributed by atoms with Gasteiger partial charge in [0, 0.05) is 18.8 Å². The molecule has 0 radical (unpaired) electrons.